The molecule has 2 rings (SSSR count). The maximum Gasteiger partial charge on any atom is 0.163 e. The van der Waals surface area contributed by atoms with Crippen LogP contribution in [-0.4, -0.2) is 43.1 Å². The topological polar surface area (TPSA) is 43.2 Å². The van der Waals surface area contributed by atoms with Crippen molar-refractivity contribution in [2.24, 2.45) is 0 Å². The largest absolute Gasteiger partial charge is 0.370 e. The molecular formula is C14H20N4. The Kier molecular flexibility index (Phi) is 3.53. The Balaban J connectivity index is 2.17. The van der Waals surface area contributed by atoms with Crippen molar-refractivity contribution in [2.75, 3.05) is 32.6 Å². The van der Waals surface area contributed by atoms with Crippen molar-refractivity contribution < 1.29 is 0 Å². The number of aromatic nitrogens is 1. The number of hydrogen-bond donors (Lipinski definition) is 0. The predicted molar refractivity (Wildman–Crippen MR) is 72.5 cm³/mol. The Labute approximate surface area is 109 Å². The summed E-state index contributed by atoms with van der Waals surface area (Å²) in [5, 5.41) is 9.10. The van der Waals surface area contributed by atoms with Crippen LogP contribution >= 0.6 is 0 Å². The summed E-state index contributed by atoms with van der Waals surface area (Å²) >= 11 is 0. The number of nitrogens with zero attached hydrogens (tertiary/aromatic N) is 4. The van der Waals surface area contributed by atoms with Gasteiger partial charge in [-0.1, -0.05) is 0 Å². The number of pyridine rings is 1. The van der Waals surface area contributed by atoms with Gasteiger partial charge in [0, 0.05) is 25.3 Å². The second-order valence-electron chi connectivity index (χ2n) is 5.31. The zero-order valence-corrected chi connectivity index (χ0v) is 11.3. The lowest BCUT2D eigenvalue weighted by molar-refractivity contribution is 0.0683. The first-order valence-electron chi connectivity index (χ1n) is 6.33. The average molecular weight is 244 g/mol. The molecule has 18 heavy (non-hydrogen) atoms. The summed E-state index contributed by atoms with van der Waals surface area (Å²) in [6, 6.07) is 6.01. The molecule has 1 aliphatic rings. The van der Waals surface area contributed by atoms with E-state index < -0.39 is 0 Å². The normalized spacial score (nSPS) is 17.1. The summed E-state index contributed by atoms with van der Waals surface area (Å²) in [6.45, 7) is 0.945. The molecule has 0 saturated heterocycles. The van der Waals surface area contributed by atoms with E-state index in [0.29, 0.717) is 5.69 Å². The quantitative estimate of drug-likeness (QED) is 0.811. The maximum atomic E-state index is 9.10. The molecule has 0 aliphatic heterocycles. The molecule has 1 aromatic rings. The Morgan fingerprint density at radius 3 is 2.61 bits per heavy atom. The van der Waals surface area contributed by atoms with E-state index in [4.69, 9.17) is 5.26 Å². The van der Waals surface area contributed by atoms with Crippen LogP contribution in [0, 0.1) is 11.3 Å². The first-order valence-corrected chi connectivity index (χ1v) is 6.33. The zero-order chi connectivity index (χ0) is 13.2. The highest BCUT2D eigenvalue weighted by Gasteiger charge is 2.40. The van der Waals surface area contributed by atoms with Crippen LogP contribution in [0.3, 0.4) is 0 Å². The molecule has 1 aromatic heterocycles. The lowest BCUT2D eigenvalue weighted by Crippen LogP contribution is -2.56. The minimum absolute atomic E-state index is 0.261. The highest BCUT2D eigenvalue weighted by atomic mass is 15.2. The number of rotatable bonds is 4. The molecule has 0 N–H and O–H groups in total. The van der Waals surface area contributed by atoms with Crippen LogP contribution in [0.2, 0.25) is 0 Å². The van der Waals surface area contributed by atoms with Crippen molar-refractivity contribution in [3.8, 4) is 6.07 Å². The van der Waals surface area contributed by atoms with Gasteiger partial charge in [-0.3, -0.25) is 0 Å². The van der Waals surface area contributed by atoms with Gasteiger partial charge < -0.3 is 9.80 Å². The van der Waals surface area contributed by atoms with E-state index in [0.717, 1.165) is 12.2 Å². The lowest BCUT2D eigenvalue weighted by Gasteiger charge is -2.49. The molecule has 1 fully saturated rings. The summed E-state index contributed by atoms with van der Waals surface area (Å²) in [5.74, 6) is 0. The molecule has 4 nitrogen and oxygen atoms in total. The van der Waals surface area contributed by atoms with Gasteiger partial charge in [-0.05, 0) is 45.5 Å². The third-order valence-electron chi connectivity index (χ3n) is 4.07. The van der Waals surface area contributed by atoms with E-state index in [-0.39, 0.29) is 5.54 Å². The number of likely N-dealkylation sites (N-methyl/N-ethyl adjacent to an activating group) is 2. The van der Waals surface area contributed by atoms with Gasteiger partial charge in [0.2, 0.25) is 0 Å². The molecule has 0 aromatic carbocycles. The molecule has 0 radical (unpaired) electrons. The monoisotopic (exact) mass is 244 g/mol. The van der Waals surface area contributed by atoms with Gasteiger partial charge in [0.05, 0.1) is 5.69 Å². The van der Waals surface area contributed by atoms with Crippen LogP contribution in [0.25, 0.3) is 0 Å². The lowest BCUT2D eigenvalue weighted by atomic mass is 9.75. The summed E-state index contributed by atoms with van der Waals surface area (Å²) in [7, 11) is 6.32. The third-order valence-corrected chi connectivity index (χ3v) is 4.07. The number of anilines is 1. The van der Waals surface area contributed by atoms with Crippen LogP contribution in [0.4, 0.5) is 5.69 Å². The van der Waals surface area contributed by atoms with Gasteiger partial charge in [-0.2, -0.15) is 5.26 Å². The van der Waals surface area contributed by atoms with Gasteiger partial charge in [0.1, 0.15) is 6.07 Å². The number of hydrogen-bond acceptors (Lipinski definition) is 4. The van der Waals surface area contributed by atoms with E-state index in [1.54, 1.807) is 6.20 Å². The van der Waals surface area contributed by atoms with Gasteiger partial charge in [0.25, 0.3) is 0 Å². The Morgan fingerprint density at radius 1 is 1.39 bits per heavy atom. The summed E-state index contributed by atoms with van der Waals surface area (Å²) < 4.78 is 0. The number of nitriles is 1. The van der Waals surface area contributed by atoms with Crippen molar-refractivity contribution in [3.05, 3.63) is 24.0 Å². The molecule has 96 valence electrons. The third kappa shape index (κ3) is 2.19. The maximum absolute atomic E-state index is 9.10. The van der Waals surface area contributed by atoms with E-state index in [1.807, 2.05) is 19.2 Å². The fourth-order valence-electron chi connectivity index (χ4n) is 2.65. The van der Waals surface area contributed by atoms with E-state index in [1.165, 1.54) is 19.3 Å². The minimum Gasteiger partial charge on any atom is -0.370 e. The van der Waals surface area contributed by atoms with E-state index in [2.05, 4.69) is 34.9 Å². The first-order chi connectivity index (χ1) is 8.59. The van der Waals surface area contributed by atoms with Gasteiger partial charge in [-0.25, -0.2) is 4.98 Å². The highest BCUT2D eigenvalue weighted by Crippen LogP contribution is 2.37. The molecule has 4 heteroatoms. The molecule has 0 spiro atoms. The molecule has 1 aliphatic carbocycles. The predicted octanol–water partition coefficient (Wildman–Crippen LogP) is 1.87. The standard InChI is InChI=1S/C14H20N4/c1-17(2)14(7-5-8-14)11-18(3)13-6-4-9-16-12(13)10-15/h4,6,9H,5,7-8,11H2,1-3H3. The molecule has 0 bridgehead atoms. The molecule has 1 saturated carbocycles. The Bertz CT molecular complexity index is 457. The van der Waals surface area contributed by atoms with Crippen molar-refractivity contribution in [1.29, 1.82) is 5.26 Å². The smallest absolute Gasteiger partial charge is 0.163 e. The SMILES string of the molecule is CN(CC1(N(C)C)CCC1)c1cccnc1C#N. The fraction of sp³-hybridized carbons (Fsp3) is 0.571. The van der Waals surface area contributed by atoms with Crippen molar-refractivity contribution in [1.82, 2.24) is 9.88 Å². The summed E-state index contributed by atoms with van der Waals surface area (Å²) in [6.07, 6.45) is 5.42. The minimum atomic E-state index is 0.261. The van der Waals surface area contributed by atoms with Crippen LogP contribution in [0.5, 0.6) is 0 Å². The van der Waals surface area contributed by atoms with Gasteiger partial charge in [0.15, 0.2) is 5.69 Å². The average Bonchev–Trinajstić information content (AvgIpc) is 2.33. The van der Waals surface area contributed by atoms with Crippen molar-refractivity contribution >= 4 is 5.69 Å². The second kappa shape index (κ2) is 4.95. The molecular weight excluding hydrogens is 224 g/mol. The Morgan fingerprint density at radius 2 is 2.11 bits per heavy atom. The molecule has 0 unspecified atom stereocenters. The van der Waals surface area contributed by atoms with Crippen LogP contribution in [0.1, 0.15) is 25.0 Å². The fourth-order valence-corrected chi connectivity index (χ4v) is 2.65. The zero-order valence-electron chi connectivity index (χ0n) is 11.3. The molecule has 0 amide bonds. The van der Waals surface area contributed by atoms with Crippen LogP contribution in [-0.2, 0) is 0 Å². The molecule has 0 atom stereocenters. The van der Waals surface area contributed by atoms with Gasteiger partial charge in [-0.15, -0.1) is 0 Å². The highest BCUT2D eigenvalue weighted by molar-refractivity contribution is 5.55. The second-order valence-corrected chi connectivity index (χ2v) is 5.31. The van der Waals surface area contributed by atoms with E-state index in [9.17, 15) is 0 Å². The Hall–Kier alpha value is -1.60. The van der Waals surface area contributed by atoms with Crippen LogP contribution in [0.15, 0.2) is 18.3 Å². The van der Waals surface area contributed by atoms with E-state index >= 15 is 0 Å². The summed E-state index contributed by atoms with van der Waals surface area (Å²) in [5.41, 5.74) is 1.69. The van der Waals surface area contributed by atoms with Gasteiger partial charge >= 0.3 is 0 Å². The van der Waals surface area contributed by atoms with Crippen LogP contribution < -0.4 is 4.90 Å². The first kappa shape index (κ1) is 12.8. The van der Waals surface area contributed by atoms with Crippen molar-refractivity contribution in [2.45, 2.75) is 24.8 Å². The summed E-state index contributed by atoms with van der Waals surface area (Å²) in [4.78, 5) is 8.59. The van der Waals surface area contributed by atoms with Crippen molar-refractivity contribution in [3.63, 3.8) is 0 Å². The molecule has 1 heterocycles.